The van der Waals surface area contributed by atoms with Crippen molar-refractivity contribution in [1.29, 1.82) is 0 Å². The molecule has 0 aromatic heterocycles. The molecule has 0 aliphatic carbocycles. The molecule has 0 saturated carbocycles. The minimum atomic E-state index is -0.875. The summed E-state index contributed by atoms with van der Waals surface area (Å²) in [7, 11) is 0. The third-order valence-electron chi connectivity index (χ3n) is 9.90. The molecular weight excluding hydrogens is 663 g/mol. The van der Waals surface area contributed by atoms with Gasteiger partial charge in [0.05, 0.1) is 18.8 Å². The molecule has 0 saturated heterocycles. The van der Waals surface area contributed by atoms with E-state index in [1.54, 1.807) is 6.08 Å². The van der Waals surface area contributed by atoms with Crippen molar-refractivity contribution < 1.29 is 15.0 Å². The van der Waals surface area contributed by atoms with E-state index in [0.717, 1.165) is 51.4 Å². The molecule has 0 spiro atoms. The van der Waals surface area contributed by atoms with Gasteiger partial charge in [-0.3, -0.25) is 4.79 Å². The van der Waals surface area contributed by atoms with Crippen molar-refractivity contribution >= 4 is 5.91 Å². The smallest absolute Gasteiger partial charge is 0.220 e. The highest BCUT2D eigenvalue weighted by molar-refractivity contribution is 5.76. The average Bonchev–Trinajstić information content (AvgIpc) is 3.18. The van der Waals surface area contributed by atoms with E-state index >= 15 is 0 Å². The third kappa shape index (κ3) is 40.7. The van der Waals surface area contributed by atoms with Crippen LogP contribution in [0, 0.1) is 0 Å². The second-order valence-electron chi connectivity index (χ2n) is 15.1. The predicted octanol–water partition coefficient (Wildman–Crippen LogP) is 14.5. The fourth-order valence-electron chi connectivity index (χ4n) is 6.44. The highest BCUT2D eigenvalue weighted by Crippen LogP contribution is 2.15. The van der Waals surface area contributed by atoms with Crippen LogP contribution in [0.3, 0.4) is 0 Å². The van der Waals surface area contributed by atoms with Crippen LogP contribution in [0.5, 0.6) is 0 Å². The van der Waals surface area contributed by atoms with E-state index in [4.69, 9.17) is 0 Å². The molecule has 2 unspecified atom stereocenters. The second kappa shape index (κ2) is 45.0. The molecule has 2 atom stereocenters. The number of nitrogens with one attached hydrogen (secondary N) is 1. The zero-order chi connectivity index (χ0) is 39.3. The molecule has 0 aromatic rings. The average molecular weight is 750 g/mol. The summed E-state index contributed by atoms with van der Waals surface area (Å²) in [5.74, 6) is -0.148. The Morgan fingerprint density at radius 1 is 0.463 bits per heavy atom. The van der Waals surface area contributed by atoms with Gasteiger partial charge in [-0.25, -0.2) is 0 Å². The first-order valence-electron chi connectivity index (χ1n) is 22.8. The number of rotatable bonds is 40. The lowest BCUT2D eigenvalue weighted by molar-refractivity contribution is -0.122. The van der Waals surface area contributed by atoms with Crippen molar-refractivity contribution in [2.45, 2.75) is 219 Å². The van der Waals surface area contributed by atoms with Gasteiger partial charge in [0.15, 0.2) is 0 Å². The van der Waals surface area contributed by atoms with Crippen LogP contribution in [-0.2, 0) is 4.79 Å². The van der Waals surface area contributed by atoms with Crippen molar-refractivity contribution in [1.82, 2.24) is 5.32 Å². The van der Waals surface area contributed by atoms with Crippen molar-refractivity contribution in [2.24, 2.45) is 0 Å². The Morgan fingerprint density at radius 2 is 0.815 bits per heavy atom. The van der Waals surface area contributed by atoms with Gasteiger partial charge in [0.2, 0.25) is 5.91 Å². The van der Waals surface area contributed by atoms with Crippen molar-refractivity contribution in [3.8, 4) is 0 Å². The number of amides is 1. The fraction of sp³-hybridized carbons (Fsp3) is 0.700. The van der Waals surface area contributed by atoms with Crippen LogP contribution in [0.15, 0.2) is 85.1 Å². The number of hydrogen-bond acceptors (Lipinski definition) is 3. The maximum Gasteiger partial charge on any atom is 0.220 e. The number of hydrogen-bond donors (Lipinski definition) is 3. The first-order chi connectivity index (χ1) is 26.7. The number of carbonyl (C=O) groups excluding carboxylic acids is 1. The molecule has 0 rings (SSSR count). The van der Waals surface area contributed by atoms with Crippen molar-refractivity contribution in [3.05, 3.63) is 85.1 Å². The highest BCUT2D eigenvalue weighted by atomic mass is 16.3. The molecule has 0 heterocycles. The van der Waals surface area contributed by atoms with Gasteiger partial charge in [-0.2, -0.15) is 0 Å². The largest absolute Gasteiger partial charge is 0.394 e. The summed E-state index contributed by atoms with van der Waals surface area (Å²) >= 11 is 0. The standard InChI is InChI=1S/C50H87NO3/c1-3-5-7-9-11-13-15-17-19-21-23-24-25-26-28-29-31-33-35-37-39-41-43-45-49(53)48(47-52)51-50(54)46-44-42-40-38-36-34-32-30-27-22-20-18-16-14-12-10-8-6-4-2/h6,8,12,14,18,20,27,30,34,36,40,42-43,45,48-49,52-53H,3-5,7,9-11,13,15-17,19,21-26,28-29,31-33,35,37-39,41,44,46-47H2,1-2H3,(H,51,54)/b8-6-,14-12-,20-18-,30-27-,36-34-,42-40-,45-43+. The quantitative estimate of drug-likeness (QED) is 0.0431. The van der Waals surface area contributed by atoms with Gasteiger partial charge < -0.3 is 15.5 Å². The van der Waals surface area contributed by atoms with Crippen LogP contribution in [0.1, 0.15) is 206 Å². The van der Waals surface area contributed by atoms with Gasteiger partial charge in [0, 0.05) is 6.42 Å². The Kier molecular flexibility index (Phi) is 42.9. The molecule has 54 heavy (non-hydrogen) atoms. The molecular formula is C50H87NO3. The number of aliphatic hydroxyl groups excluding tert-OH is 2. The van der Waals surface area contributed by atoms with Crippen LogP contribution >= 0.6 is 0 Å². The first-order valence-corrected chi connectivity index (χ1v) is 22.8. The van der Waals surface area contributed by atoms with E-state index in [1.165, 1.54) is 128 Å². The fourth-order valence-corrected chi connectivity index (χ4v) is 6.44. The second-order valence-corrected chi connectivity index (χ2v) is 15.1. The molecule has 0 bridgehead atoms. The zero-order valence-electron chi connectivity index (χ0n) is 35.5. The molecule has 0 aliphatic heterocycles. The molecule has 0 aromatic carbocycles. The Bertz CT molecular complexity index is 988. The maximum atomic E-state index is 12.4. The molecule has 0 radical (unpaired) electrons. The van der Waals surface area contributed by atoms with Gasteiger partial charge in [0.25, 0.3) is 0 Å². The van der Waals surface area contributed by atoms with E-state index in [0.29, 0.717) is 12.8 Å². The van der Waals surface area contributed by atoms with E-state index in [1.807, 2.05) is 12.2 Å². The van der Waals surface area contributed by atoms with E-state index in [-0.39, 0.29) is 12.5 Å². The number of aliphatic hydroxyl groups is 2. The molecule has 310 valence electrons. The van der Waals surface area contributed by atoms with Crippen LogP contribution in [0.25, 0.3) is 0 Å². The van der Waals surface area contributed by atoms with Crippen LogP contribution in [0.2, 0.25) is 0 Å². The predicted molar refractivity (Wildman–Crippen MR) is 239 cm³/mol. The third-order valence-corrected chi connectivity index (χ3v) is 9.90. The minimum Gasteiger partial charge on any atom is -0.394 e. The lowest BCUT2D eigenvalue weighted by atomic mass is 10.0. The number of unbranched alkanes of at least 4 members (excludes halogenated alkanes) is 21. The topological polar surface area (TPSA) is 69.6 Å². The van der Waals surface area contributed by atoms with Gasteiger partial charge in [-0.15, -0.1) is 0 Å². The van der Waals surface area contributed by atoms with Crippen LogP contribution in [0.4, 0.5) is 0 Å². The van der Waals surface area contributed by atoms with Gasteiger partial charge in [0.1, 0.15) is 0 Å². The number of allylic oxidation sites excluding steroid dienone is 13. The van der Waals surface area contributed by atoms with E-state index < -0.39 is 12.1 Å². The van der Waals surface area contributed by atoms with Crippen LogP contribution in [-0.4, -0.2) is 34.9 Å². The van der Waals surface area contributed by atoms with Gasteiger partial charge in [-0.05, 0) is 57.8 Å². The molecule has 3 N–H and O–H groups in total. The Morgan fingerprint density at radius 3 is 1.19 bits per heavy atom. The number of carbonyl (C=O) groups is 1. The normalized spacial score (nSPS) is 13.8. The summed E-state index contributed by atoms with van der Waals surface area (Å²) < 4.78 is 0. The summed E-state index contributed by atoms with van der Waals surface area (Å²) in [6, 6.07) is -0.668. The molecule has 1 amide bonds. The Labute approximate surface area is 335 Å². The summed E-state index contributed by atoms with van der Waals surface area (Å²) in [6.45, 7) is 4.16. The molecule has 4 heteroatoms. The molecule has 0 fully saturated rings. The van der Waals surface area contributed by atoms with Gasteiger partial charge in [-0.1, -0.05) is 227 Å². The minimum absolute atomic E-state index is 0.148. The summed E-state index contributed by atoms with van der Waals surface area (Å²) in [5, 5.41) is 23.0. The summed E-state index contributed by atoms with van der Waals surface area (Å²) in [6.07, 6.45) is 65.7. The highest BCUT2D eigenvalue weighted by Gasteiger charge is 2.17. The monoisotopic (exact) mass is 750 g/mol. The summed E-state index contributed by atoms with van der Waals surface area (Å²) in [5.41, 5.74) is 0. The molecule has 4 nitrogen and oxygen atoms in total. The Balaban J connectivity index is 3.68. The van der Waals surface area contributed by atoms with E-state index in [9.17, 15) is 15.0 Å². The van der Waals surface area contributed by atoms with Crippen molar-refractivity contribution in [2.75, 3.05) is 6.61 Å². The lowest BCUT2D eigenvalue weighted by Crippen LogP contribution is -2.45. The van der Waals surface area contributed by atoms with E-state index in [2.05, 4.69) is 86.0 Å². The summed E-state index contributed by atoms with van der Waals surface area (Å²) in [4.78, 5) is 12.4. The Hall–Kier alpha value is -2.43. The zero-order valence-corrected chi connectivity index (χ0v) is 35.5. The SMILES string of the molecule is CC/C=C\C/C=C\C/C=C\C/C=C\C/C=C\C/C=C\CCC(=O)NC(CO)C(O)/C=C/CCCCCCCCCCCCCCCCCCCCCCC. The van der Waals surface area contributed by atoms with Gasteiger partial charge >= 0.3 is 0 Å². The van der Waals surface area contributed by atoms with Crippen molar-refractivity contribution in [3.63, 3.8) is 0 Å². The lowest BCUT2D eigenvalue weighted by Gasteiger charge is -2.19. The molecule has 0 aliphatic rings. The maximum absolute atomic E-state index is 12.4. The first kappa shape index (κ1) is 51.6. The van der Waals surface area contributed by atoms with Crippen LogP contribution < -0.4 is 5.32 Å².